The van der Waals surface area contributed by atoms with Crippen LogP contribution in [0.4, 0.5) is 0 Å². The molecule has 0 aliphatic carbocycles. The molecular weight excluding hydrogens is 202 g/mol. The lowest BCUT2D eigenvalue weighted by atomic mass is 10.2. The highest BCUT2D eigenvalue weighted by molar-refractivity contribution is 7.15. The molecule has 1 nitrogen and oxygen atoms in total. The van der Waals surface area contributed by atoms with Crippen LogP contribution in [0, 0.1) is 0 Å². The summed E-state index contributed by atoms with van der Waals surface area (Å²) in [5, 5.41) is 1.21. The molecule has 0 radical (unpaired) electrons. The molecule has 0 N–H and O–H groups in total. The molecule has 1 aromatic heterocycles. The second kappa shape index (κ2) is 6.36. The van der Waals surface area contributed by atoms with Gasteiger partial charge in [0.05, 0.1) is 9.88 Å². The molecule has 0 fully saturated rings. The van der Waals surface area contributed by atoms with E-state index >= 15 is 0 Å². The number of hydrogen-bond acceptors (Lipinski definition) is 2. The van der Waals surface area contributed by atoms with Gasteiger partial charge >= 0.3 is 0 Å². The van der Waals surface area contributed by atoms with Crippen molar-refractivity contribution in [3.63, 3.8) is 0 Å². The maximum absolute atomic E-state index is 4.33. The molecule has 0 amide bonds. The van der Waals surface area contributed by atoms with Crippen LogP contribution in [-0.2, 0) is 6.42 Å². The zero-order chi connectivity index (χ0) is 11.1. The molecule has 0 saturated carbocycles. The van der Waals surface area contributed by atoms with Crippen molar-refractivity contribution >= 4 is 11.3 Å². The Hall–Kier alpha value is -1.15. The first kappa shape index (κ1) is 11.9. The first-order valence-corrected chi connectivity index (χ1v) is 6.22. The van der Waals surface area contributed by atoms with E-state index in [0.717, 1.165) is 6.42 Å². The normalized spacial score (nSPS) is 9.27. The molecule has 0 unspecified atom stereocenters. The van der Waals surface area contributed by atoms with Crippen LogP contribution < -0.4 is 0 Å². The van der Waals surface area contributed by atoms with Crippen LogP contribution in [-0.4, -0.2) is 4.98 Å². The number of thiazole rings is 1. The summed E-state index contributed by atoms with van der Waals surface area (Å²) in [4.78, 5) is 5.59. The monoisotopic (exact) mass is 219 g/mol. The predicted molar refractivity (Wildman–Crippen MR) is 68.3 cm³/mol. The van der Waals surface area contributed by atoms with Crippen molar-refractivity contribution in [2.75, 3.05) is 0 Å². The number of nitrogens with zero attached hydrogens (tertiary/aromatic N) is 1. The highest BCUT2D eigenvalue weighted by Gasteiger charge is 2.01. The molecule has 1 heterocycles. The van der Waals surface area contributed by atoms with Gasteiger partial charge in [-0.3, -0.25) is 0 Å². The Labute approximate surface area is 95.8 Å². The zero-order valence-electron chi connectivity index (χ0n) is 9.53. The van der Waals surface area contributed by atoms with Gasteiger partial charge in [-0.25, -0.2) is 4.98 Å². The third kappa shape index (κ3) is 3.17. The number of benzene rings is 1. The number of rotatable bonds is 2. The molecule has 1 aromatic carbocycles. The average Bonchev–Trinajstić information content (AvgIpc) is 2.81. The van der Waals surface area contributed by atoms with E-state index in [1.165, 1.54) is 15.4 Å². The van der Waals surface area contributed by atoms with Crippen LogP contribution in [0.2, 0.25) is 0 Å². The van der Waals surface area contributed by atoms with E-state index in [1.54, 1.807) is 11.3 Å². The lowest BCUT2D eigenvalue weighted by Crippen LogP contribution is -1.70. The van der Waals surface area contributed by atoms with Gasteiger partial charge in [0, 0.05) is 6.20 Å². The minimum Gasteiger partial charge on any atom is -0.249 e. The first-order valence-electron chi connectivity index (χ1n) is 5.40. The number of hydrogen-bond donors (Lipinski definition) is 0. The molecule has 0 aliphatic heterocycles. The third-order valence-electron chi connectivity index (χ3n) is 1.91. The molecule has 2 heteroatoms. The molecule has 80 valence electrons. The summed E-state index contributed by atoms with van der Waals surface area (Å²) in [6.07, 6.45) is 2.98. The van der Waals surface area contributed by atoms with Gasteiger partial charge in [0.1, 0.15) is 0 Å². The summed E-state index contributed by atoms with van der Waals surface area (Å²) in [6.45, 7) is 6.13. The number of aryl methyl sites for hydroxylation is 1. The van der Waals surface area contributed by atoms with E-state index in [-0.39, 0.29) is 0 Å². The molecule has 0 bridgehead atoms. The van der Waals surface area contributed by atoms with E-state index in [0.29, 0.717) is 0 Å². The van der Waals surface area contributed by atoms with Crippen molar-refractivity contribution in [2.24, 2.45) is 0 Å². The van der Waals surface area contributed by atoms with E-state index < -0.39 is 0 Å². The summed E-state index contributed by atoms with van der Waals surface area (Å²) >= 11 is 1.77. The van der Waals surface area contributed by atoms with Crippen molar-refractivity contribution < 1.29 is 0 Å². The molecule has 0 aliphatic rings. The van der Waals surface area contributed by atoms with Crippen LogP contribution in [0.3, 0.4) is 0 Å². The lowest BCUT2D eigenvalue weighted by molar-refractivity contribution is 1.09. The topological polar surface area (TPSA) is 12.9 Å². The van der Waals surface area contributed by atoms with Crippen LogP contribution >= 0.6 is 11.3 Å². The Morgan fingerprint density at radius 1 is 1.13 bits per heavy atom. The van der Waals surface area contributed by atoms with Crippen LogP contribution in [0.1, 0.15) is 25.8 Å². The average molecular weight is 219 g/mol. The van der Waals surface area contributed by atoms with Crippen molar-refractivity contribution in [3.05, 3.63) is 41.5 Å². The Morgan fingerprint density at radius 3 is 2.33 bits per heavy atom. The maximum Gasteiger partial charge on any atom is 0.0928 e. The predicted octanol–water partition coefficient (Wildman–Crippen LogP) is 4.40. The second-order valence-electron chi connectivity index (χ2n) is 2.84. The highest BCUT2D eigenvalue weighted by Crippen LogP contribution is 2.25. The van der Waals surface area contributed by atoms with Gasteiger partial charge in [0.2, 0.25) is 0 Å². The van der Waals surface area contributed by atoms with Crippen molar-refractivity contribution in [1.82, 2.24) is 4.98 Å². The molecule has 0 atom stereocenters. The van der Waals surface area contributed by atoms with Crippen molar-refractivity contribution in [1.29, 1.82) is 0 Å². The second-order valence-corrected chi connectivity index (χ2v) is 3.95. The Morgan fingerprint density at radius 2 is 1.80 bits per heavy atom. The minimum atomic E-state index is 1.03. The molecule has 0 saturated heterocycles. The molecule has 15 heavy (non-hydrogen) atoms. The Bertz CT molecular complexity index is 378. The molecular formula is C13H17NS. The van der Waals surface area contributed by atoms with Gasteiger partial charge in [-0.1, -0.05) is 51.1 Å². The highest BCUT2D eigenvalue weighted by atomic mass is 32.1. The SMILES string of the molecule is CC.CCc1ncc(-c2ccccc2)s1. The first-order chi connectivity index (χ1) is 7.40. The van der Waals surface area contributed by atoms with Crippen molar-refractivity contribution in [2.45, 2.75) is 27.2 Å². The van der Waals surface area contributed by atoms with E-state index in [2.05, 4.69) is 36.2 Å². The maximum atomic E-state index is 4.33. The van der Waals surface area contributed by atoms with Gasteiger partial charge in [-0.05, 0) is 12.0 Å². The van der Waals surface area contributed by atoms with Gasteiger partial charge in [0.15, 0.2) is 0 Å². The summed E-state index contributed by atoms with van der Waals surface area (Å²) in [5.41, 5.74) is 1.26. The number of aromatic nitrogens is 1. The van der Waals surface area contributed by atoms with Crippen molar-refractivity contribution in [3.8, 4) is 10.4 Å². The third-order valence-corrected chi connectivity index (χ3v) is 3.11. The van der Waals surface area contributed by atoms with E-state index in [1.807, 2.05) is 26.1 Å². The lowest BCUT2D eigenvalue weighted by Gasteiger charge is -1.92. The van der Waals surface area contributed by atoms with E-state index in [9.17, 15) is 0 Å². The fourth-order valence-electron chi connectivity index (χ4n) is 1.21. The molecule has 2 rings (SSSR count). The van der Waals surface area contributed by atoms with Gasteiger partial charge < -0.3 is 0 Å². The standard InChI is InChI=1S/C11H11NS.C2H6/c1-2-11-12-8-10(13-11)9-6-4-3-5-7-9;1-2/h3-8H,2H2,1H3;1-2H3. The molecule has 2 aromatic rings. The van der Waals surface area contributed by atoms with Gasteiger partial charge in [0.25, 0.3) is 0 Å². The van der Waals surface area contributed by atoms with Crippen LogP contribution in [0.15, 0.2) is 36.5 Å². The molecule has 0 spiro atoms. The van der Waals surface area contributed by atoms with Crippen LogP contribution in [0.25, 0.3) is 10.4 Å². The van der Waals surface area contributed by atoms with Gasteiger partial charge in [-0.2, -0.15) is 0 Å². The summed E-state index contributed by atoms with van der Waals surface area (Å²) < 4.78 is 0. The summed E-state index contributed by atoms with van der Waals surface area (Å²) in [7, 11) is 0. The summed E-state index contributed by atoms with van der Waals surface area (Å²) in [5.74, 6) is 0. The summed E-state index contributed by atoms with van der Waals surface area (Å²) in [6, 6.07) is 10.4. The fraction of sp³-hybridized carbons (Fsp3) is 0.308. The quantitative estimate of drug-likeness (QED) is 0.729. The largest absolute Gasteiger partial charge is 0.249 e. The van der Waals surface area contributed by atoms with Crippen LogP contribution in [0.5, 0.6) is 0 Å². The van der Waals surface area contributed by atoms with Gasteiger partial charge in [-0.15, -0.1) is 11.3 Å². The Kier molecular flexibility index (Phi) is 5.05. The zero-order valence-corrected chi connectivity index (χ0v) is 10.3. The fourth-order valence-corrected chi connectivity index (χ4v) is 2.07. The Balaban J connectivity index is 0.000000531. The smallest absolute Gasteiger partial charge is 0.0928 e. The minimum absolute atomic E-state index is 1.03. The van der Waals surface area contributed by atoms with E-state index in [4.69, 9.17) is 0 Å².